The predicted molar refractivity (Wildman–Crippen MR) is 165 cm³/mol. The highest BCUT2D eigenvalue weighted by Gasteiger charge is 2.31. The first-order valence-electron chi connectivity index (χ1n) is 13.2. The van der Waals surface area contributed by atoms with Gasteiger partial charge in [0.15, 0.2) is 48.8 Å². The lowest BCUT2D eigenvalue weighted by molar-refractivity contribution is -0.146. The highest BCUT2D eigenvalue weighted by atomic mass is 32.1. The summed E-state index contributed by atoms with van der Waals surface area (Å²) in [5.41, 5.74) is 4.90. The molecule has 2 aromatic carbocycles. The number of ketones is 2. The number of carboxylic acid groups (broad SMARTS) is 1. The van der Waals surface area contributed by atoms with Crippen molar-refractivity contribution in [2.75, 3.05) is 26.5 Å². The molecule has 44 heavy (non-hydrogen) atoms. The van der Waals surface area contributed by atoms with Gasteiger partial charge in [-0.3, -0.25) is 14.4 Å². The van der Waals surface area contributed by atoms with Gasteiger partial charge in [-0.05, 0) is 32.0 Å². The first-order valence-corrected chi connectivity index (χ1v) is 16.3. The molecule has 0 bridgehead atoms. The summed E-state index contributed by atoms with van der Waals surface area (Å²) in [4.78, 5) is 55.1. The van der Waals surface area contributed by atoms with Gasteiger partial charge in [-0.15, -0.1) is 22.7 Å². The molecule has 4 aromatic rings. The third-order valence-electron chi connectivity index (χ3n) is 6.71. The van der Waals surface area contributed by atoms with Crippen molar-refractivity contribution in [2.24, 2.45) is 11.1 Å². The van der Waals surface area contributed by atoms with Gasteiger partial charge in [0.05, 0.1) is 41.7 Å². The van der Waals surface area contributed by atoms with E-state index in [1.54, 1.807) is 6.07 Å². The number of fused-ring (bicyclic) bond motifs is 2. The van der Waals surface area contributed by atoms with E-state index in [9.17, 15) is 19.5 Å². The molecule has 4 rings (SSSR count). The predicted octanol–water partition coefficient (Wildman–Crippen LogP) is 5.87. The highest BCUT2D eigenvalue weighted by molar-refractivity contribution is 7.46. The minimum absolute atomic E-state index is 0.0205. The number of methoxy groups -OCH3 is 1. The molecule has 5 N–H and O–H groups in total. The third-order valence-corrected chi connectivity index (χ3v) is 9.53. The lowest BCUT2D eigenvalue weighted by Gasteiger charge is -2.16. The number of nitrogens with two attached hydrogens (primary N) is 1. The number of hydrogen-bond acceptors (Lipinski definition) is 11. The van der Waals surface area contributed by atoms with Gasteiger partial charge in [-0.1, -0.05) is 0 Å². The summed E-state index contributed by atoms with van der Waals surface area (Å²) in [6, 6.07) is 5.86. The van der Waals surface area contributed by atoms with Gasteiger partial charge >= 0.3 is 5.97 Å². The molecule has 0 aliphatic carbocycles. The minimum atomic E-state index is -2.42. The maximum absolute atomic E-state index is 15.5. The third kappa shape index (κ3) is 7.17. The topological polar surface area (TPSA) is 166 Å². The second-order valence-corrected chi connectivity index (χ2v) is 13.7. The molecule has 0 fully saturated rings. The Morgan fingerprint density at radius 2 is 1.45 bits per heavy atom. The van der Waals surface area contributed by atoms with Crippen molar-refractivity contribution in [1.29, 1.82) is 0 Å². The van der Waals surface area contributed by atoms with Gasteiger partial charge in [-0.2, -0.15) is 0 Å². The number of carboxylic acids is 1. The van der Waals surface area contributed by atoms with Gasteiger partial charge in [0.25, 0.3) is 0 Å². The van der Waals surface area contributed by atoms with Crippen LogP contribution in [0.1, 0.15) is 51.6 Å². The Morgan fingerprint density at radius 3 is 2.00 bits per heavy atom. The Kier molecular flexibility index (Phi) is 10.5. The lowest BCUT2D eigenvalue weighted by atomic mass is 9.87. The summed E-state index contributed by atoms with van der Waals surface area (Å²) < 4.78 is 48.5. The fourth-order valence-corrected chi connectivity index (χ4v) is 6.93. The van der Waals surface area contributed by atoms with Gasteiger partial charge in [0, 0.05) is 51.2 Å². The molecular formula is C29H30F2NO9PS2. The summed E-state index contributed by atoms with van der Waals surface area (Å²) in [5.74, 6) is -3.66. The van der Waals surface area contributed by atoms with Crippen molar-refractivity contribution in [1.82, 2.24) is 0 Å². The number of aliphatic carboxylic acids is 1. The Hall–Kier alpha value is -3.26. The Labute approximate surface area is 259 Å². The van der Waals surface area contributed by atoms with E-state index < -0.39 is 49.1 Å². The minimum Gasteiger partial charge on any atom is -0.493 e. The molecule has 0 spiro atoms. The average Bonchev–Trinajstić information content (AvgIpc) is 3.59. The van der Waals surface area contributed by atoms with Crippen molar-refractivity contribution in [2.45, 2.75) is 33.2 Å². The van der Waals surface area contributed by atoms with E-state index in [4.69, 9.17) is 29.7 Å². The van der Waals surface area contributed by atoms with E-state index in [-0.39, 0.29) is 70.4 Å². The number of ether oxygens (including phenoxy) is 3. The van der Waals surface area contributed by atoms with E-state index in [0.717, 1.165) is 22.7 Å². The first kappa shape index (κ1) is 33.6. The number of carbonyl (C=O) groups excluding carboxylic acids is 2. The second-order valence-electron chi connectivity index (χ2n) is 10.4. The number of Topliss-reactive ketones (excluding diaryl/α,β-unsaturated/α-hetero) is 2. The molecule has 2 heterocycles. The van der Waals surface area contributed by atoms with Crippen molar-refractivity contribution in [3.8, 4) is 17.2 Å². The van der Waals surface area contributed by atoms with Crippen LogP contribution in [0.15, 0.2) is 24.3 Å². The summed E-state index contributed by atoms with van der Waals surface area (Å²) in [7, 11) is -1.08. The Bertz CT molecular complexity index is 1740. The van der Waals surface area contributed by atoms with Crippen LogP contribution >= 0.6 is 31.0 Å². The number of benzene rings is 2. The van der Waals surface area contributed by atoms with Crippen LogP contribution < -0.4 is 19.9 Å². The van der Waals surface area contributed by atoms with E-state index in [0.29, 0.717) is 15.0 Å². The van der Waals surface area contributed by atoms with E-state index in [1.807, 2.05) is 0 Å². The summed E-state index contributed by atoms with van der Waals surface area (Å²) in [5, 5.41) is 9.61. The molecule has 15 heteroatoms. The van der Waals surface area contributed by atoms with Crippen LogP contribution in [0.4, 0.5) is 8.78 Å². The molecule has 236 valence electrons. The molecule has 0 aliphatic rings. The van der Waals surface area contributed by atoms with Crippen molar-refractivity contribution < 1.29 is 52.3 Å². The van der Waals surface area contributed by atoms with Crippen molar-refractivity contribution in [3.05, 3.63) is 51.2 Å². The van der Waals surface area contributed by atoms with Crippen LogP contribution in [0.5, 0.6) is 17.2 Å². The molecule has 0 amide bonds. The van der Waals surface area contributed by atoms with Gasteiger partial charge in [0.2, 0.25) is 0 Å². The van der Waals surface area contributed by atoms with Crippen LogP contribution in [0.25, 0.3) is 20.2 Å². The fourth-order valence-electron chi connectivity index (χ4n) is 4.32. The van der Waals surface area contributed by atoms with Crippen LogP contribution in [0.3, 0.4) is 0 Å². The number of thiophene rings is 2. The molecule has 0 aliphatic heterocycles. The number of hydrogen-bond donors (Lipinski definition) is 4. The van der Waals surface area contributed by atoms with Gasteiger partial charge < -0.3 is 34.8 Å². The molecule has 2 aromatic heterocycles. The van der Waals surface area contributed by atoms with Gasteiger partial charge in [-0.25, -0.2) is 8.78 Å². The van der Waals surface area contributed by atoms with E-state index in [2.05, 4.69) is 0 Å². The number of rotatable bonds is 15. The van der Waals surface area contributed by atoms with E-state index >= 15 is 8.78 Å². The Morgan fingerprint density at radius 1 is 0.909 bits per heavy atom. The van der Waals surface area contributed by atoms with Crippen LogP contribution in [0.2, 0.25) is 0 Å². The SMILES string of the molecule is COc1cc2sc(C(=O)CC(C)(C)C(=O)O)cc2c(F)c1OCCCOc1c(CN)cc2sc(C(=O)CP(O)O)cc2c1F. The second kappa shape index (κ2) is 13.8. The summed E-state index contributed by atoms with van der Waals surface area (Å²) in [6.45, 7) is 2.79. The molecule has 0 unspecified atom stereocenters. The Balaban J connectivity index is 1.45. The quantitative estimate of drug-likeness (QED) is 0.0683. The first-order chi connectivity index (χ1) is 20.8. The number of carbonyl (C=O) groups is 3. The zero-order valence-corrected chi connectivity index (χ0v) is 26.5. The summed E-state index contributed by atoms with van der Waals surface area (Å²) >= 11 is 2.05. The average molecular weight is 670 g/mol. The van der Waals surface area contributed by atoms with Crippen molar-refractivity contribution in [3.63, 3.8) is 0 Å². The standard InChI is InChI=1S/C29H30F2NO9PS2/c1-29(2,28(35)36)11-17(33)22-8-16-21(44-22)10-19(39-3)27(25(16)31)41-6-4-5-40-26-14(12-32)7-20-15(24(26)30)9-23(43-20)18(34)13-42(37)38/h7-10,37-38H,4-6,11-13,32H2,1-3H3,(H,35,36). The monoisotopic (exact) mass is 669 g/mol. The maximum atomic E-state index is 15.5. The smallest absolute Gasteiger partial charge is 0.309 e. The fraction of sp³-hybridized carbons (Fsp3) is 0.345. The molecule has 0 saturated carbocycles. The van der Waals surface area contributed by atoms with Crippen LogP contribution in [0, 0.1) is 17.0 Å². The molecule has 0 saturated heterocycles. The van der Waals surface area contributed by atoms with Gasteiger partial charge in [0.1, 0.15) is 0 Å². The molecule has 0 atom stereocenters. The van der Waals surface area contributed by atoms with E-state index in [1.165, 1.54) is 39.2 Å². The van der Waals surface area contributed by atoms with Crippen molar-refractivity contribution >= 4 is 68.8 Å². The molecular weight excluding hydrogens is 639 g/mol. The maximum Gasteiger partial charge on any atom is 0.309 e. The van der Waals surface area contributed by atoms with Crippen LogP contribution in [-0.4, -0.2) is 58.9 Å². The molecule has 0 radical (unpaired) electrons. The largest absolute Gasteiger partial charge is 0.493 e. The zero-order chi connectivity index (χ0) is 32.3. The normalized spacial score (nSPS) is 11.8. The molecule has 10 nitrogen and oxygen atoms in total. The van der Waals surface area contributed by atoms with Crippen LogP contribution in [-0.2, 0) is 11.3 Å². The lowest BCUT2D eigenvalue weighted by Crippen LogP contribution is -2.26. The zero-order valence-electron chi connectivity index (χ0n) is 23.9. The number of halogens is 2. The highest BCUT2D eigenvalue weighted by Crippen LogP contribution is 2.41. The summed E-state index contributed by atoms with van der Waals surface area (Å²) in [6.07, 6.45) is -0.493.